The zero-order valence-electron chi connectivity index (χ0n) is 11.3. The van der Waals surface area contributed by atoms with Crippen LogP contribution in [0.2, 0.25) is 0 Å². The quantitative estimate of drug-likeness (QED) is 0.740. The highest BCUT2D eigenvalue weighted by Gasteiger charge is 2.18. The molecule has 0 saturated carbocycles. The summed E-state index contributed by atoms with van der Waals surface area (Å²) >= 11 is 3.48. The van der Waals surface area contributed by atoms with Crippen LogP contribution in [0.4, 0.5) is 4.39 Å². The van der Waals surface area contributed by atoms with E-state index in [0.29, 0.717) is 16.6 Å². The summed E-state index contributed by atoms with van der Waals surface area (Å²) in [5.74, 6) is -0.357. The Morgan fingerprint density at radius 2 is 1.95 bits per heavy atom. The zero-order chi connectivity index (χ0) is 15.0. The van der Waals surface area contributed by atoms with Gasteiger partial charge in [0.25, 0.3) is 0 Å². The Morgan fingerprint density at radius 1 is 1.14 bits per heavy atom. The summed E-state index contributed by atoms with van der Waals surface area (Å²) in [6, 6.07) is 11.9. The molecule has 1 atom stereocenters. The molecule has 2 nitrogen and oxygen atoms in total. The highest BCUT2D eigenvalue weighted by Crippen LogP contribution is 2.33. The first-order chi connectivity index (χ1) is 10.1. The number of rotatable bonds is 2. The van der Waals surface area contributed by atoms with Crippen molar-refractivity contribution in [2.45, 2.75) is 13.0 Å². The first-order valence-corrected chi connectivity index (χ1v) is 7.34. The van der Waals surface area contributed by atoms with E-state index in [9.17, 15) is 9.50 Å². The van der Waals surface area contributed by atoms with E-state index in [2.05, 4.69) is 20.9 Å². The van der Waals surface area contributed by atoms with Gasteiger partial charge in [0.2, 0.25) is 0 Å². The predicted octanol–water partition coefficient (Wildman–Crippen LogP) is 4.53. The van der Waals surface area contributed by atoms with E-state index in [1.165, 1.54) is 12.1 Å². The first-order valence-electron chi connectivity index (χ1n) is 6.55. The van der Waals surface area contributed by atoms with Gasteiger partial charge >= 0.3 is 0 Å². The summed E-state index contributed by atoms with van der Waals surface area (Å²) in [6.45, 7) is 1.85. The van der Waals surface area contributed by atoms with Crippen LogP contribution in [0.5, 0.6) is 0 Å². The number of benzene rings is 2. The minimum absolute atomic E-state index is 0.357. The maximum Gasteiger partial charge on any atom is 0.123 e. The lowest BCUT2D eigenvalue weighted by molar-refractivity contribution is 0.220. The Kier molecular flexibility index (Phi) is 3.74. The van der Waals surface area contributed by atoms with Crippen molar-refractivity contribution in [3.8, 4) is 0 Å². The predicted molar refractivity (Wildman–Crippen MR) is 84.6 cm³/mol. The molecule has 4 heteroatoms. The van der Waals surface area contributed by atoms with Crippen molar-refractivity contribution in [1.29, 1.82) is 0 Å². The van der Waals surface area contributed by atoms with Crippen molar-refractivity contribution in [3.05, 3.63) is 75.6 Å². The van der Waals surface area contributed by atoms with Crippen molar-refractivity contribution in [1.82, 2.24) is 4.98 Å². The number of hydrogen-bond acceptors (Lipinski definition) is 2. The Balaban J connectivity index is 2.20. The fourth-order valence-electron chi connectivity index (χ4n) is 2.45. The first kappa shape index (κ1) is 14.2. The Morgan fingerprint density at radius 3 is 2.76 bits per heavy atom. The molecule has 1 unspecified atom stereocenters. The molecule has 0 saturated heterocycles. The molecule has 3 aromatic rings. The van der Waals surface area contributed by atoms with Gasteiger partial charge in [-0.3, -0.25) is 4.98 Å². The normalized spacial score (nSPS) is 12.6. The Bertz CT molecular complexity index is 819. The number of aryl methyl sites for hydroxylation is 1. The summed E-state index contributed by atoms with van der Waals surface area (Å²) in [4.78, 5) is 4.36. The number of aliphatic hydroxyl groups excluding tert-OH is 1. The van der Waals surface area contributed by atoms with Crippen molar-refractivity contribution in [2.24, 2.45) is 0 Å². The van der Waals surface area contributed by atoms with Crippen LogP contribution < -0.4 is 0 Å². The largest absolute Gasteiger partial charge is 0.384 e. The molecule has 0 radical (unpaired) electrons. The van der Waals surface area contributed by atoms with Gasteiger partial charge in [0, 0.05) is 21.6 Å². The summed E-state index contributed by atoms with van der Waals surface area (Å²) in [7, 11) is 0. The second-order valence-corrected chi connectivity index (χ2v) is 5.79. The molecule has 0 spiro atoms. The van der Waals surface area contributed by atoms with Crippen LogP contribution in [0.25, 0.3) is 10.9 Å². The smallest absolute Gasteiger partial charge is 0.123 e. The fraction of sp³-hybridized carbons (Fsp3) is 0.118. The second-order valence-electron chi connectivity index (χ2n) is 4.94. The van der Waals surface area contributed by atoms with Crippen LogP contribution in [-0.2, 0) is 0 Å². The van der Waals surface area contributed by atoms with Crippen LogP contribution >= 0.6 is 15.9 Å². The molecule has 21 heavy (non-hydrogen) atoms. The minimum atomic E-state index is -0.911. The van der Waals surface area contributed by atoms with Crippen LogP contribution in [0.3, 0.4) is 0 Å². The SMILES string of the molecule is Cc1ccc(F)cc1C(O)c1ccc(Br)c2cccnc12. The lowest BCUT2D eigenvalue weighted by atomic mass is 9.95. The third-order valence-corrected chi connectivity index (χ3v) is 4.27. The molecule has 0 aliphatic rings. The molecular weight excluding hydrogens is 333 g/mol. The van der Waals surface area contributed by atoms with E-state index in [-0.39, 0.29) is 5.82 Å². The van der Waals surface area contributed by atoms with Crippen molar-refractivity contribution in [2.75, 3.05) is 0 Å². The van der Waals surface area contributed by atoms with Crippen LogP contribution in [0.1, 0.15) is 22.8 Å². The highest BCUT2D eigenvalue weighted by atomic mass is 79.9. The second kappa shape index (κ2) is 5.54. The van der Waals surface area contributed by atoms with E-state index in [1.54, 1.807) is 12.3 Å². The number of hydrogen-bond donors (Lipinski definition) is 1. The number of fused-ring (bicyclic) bond motifs is 1. The van der Waals surface area contributed by atoms with Gasteiger partial charge in [-0.25, -0.2) is 4.39 Å². The van der Waals surface area contributed by atoms with Crippen LogP contribution in [-0.4, -0.2) is 10.1 Å². The van der Waals surface area contributed by atoms with Crippen LogP contribution in [0, 0.1) is 12.7 Å². The van der Waals surface area contributed by atoms with Gasteiger partial charge in [0.05, 0.1) is 5.52 Å². The minimum Gasteiger partial charge on any atom is -0.384 e. The van der Waals surface area contributed by atoms with Crippen LogP contribution in [0.15, 0.2) is 53.1 Å². The maximum atomic E-state index is 13.5. The molecule has 0 amide bonds. The van der Waals surface area contributed by atoms with Gasteiger partial charge in [0.15, 0.2) is 0 Å². The Hall–Kier alpha value is -1.78. The van der Waals surface area contributed by atoms with Crippen molar-refractivity contribution >= 4 is 26.8 Å². The fourth-order valence-corrected chi connectivity index (χ4v) is 2.91. The number of aromatic nitrogens is 1. The van der Waals surface area contributed by atoms with Gasteiger partial charge in [-0.15, -0.1) is 0 Å². The van der Waals surface area contributed by atoms with Gasteiger partial charge < -0.3 is 5.11 Å². The molecule has 0 fully saturated rings. The van der Waals surface area contributed by atoms with E-state index in [0.717, 1.165) is 15.4 Å². The molecule has 1 heterocycles. The number of aliphatic hydroxyl groups is 1. The Labute approximate surface area is 130 Å². The maximum absolute atomic E-state index is 13.5. The van der Waals surface area contributed by atoms with Gasteiger partial charge in [-0.2, -0.15) is 0 Å². The highest BCUT2D eigenvalue weighted by molar-refractivity contribution is 9.10. The number of pyridine rings is 1. The summed E-state index contributed by atoms with van der Waals surface area (Å²) in [6.07, 6.45) is 0.773. The third kappa shape index (κ3) is 2.57. The molecule has 0 bridgehead atoms. The molecular formula is C17H13BrFNO. The molecule has 106 valence electrons. The van der Waals surface area contributed by atoms with E-state index < -0.39 is 6.10 Å². The lowest BCUT2D eigenvalue weighted by Gasteiger charge is -2.16. The summed E-state index contributed by atoms with van der Waals surface area (Å²) in [5, 5.41) is 11.6. The molecule has 3 rings (SSSR count). The van der Waals surface area contributed by atoms with Crippen molar-refractivity contribution < 1.29 is 9.50 Å². The molecule has 1 N–H and O–H groups in total. The van der Waals surface area contributed by atoms with Gasteiger partial charge in [-0.05, 0) is 42.3 Å². The van der Waals surface area contributed by atoms with Gasteiger partial charge in [-0.1, -0.05) is 34.1 Å². The average Bonchev–Trinajstić information content (AvgIpc) is 2.50. The van der Waals surface area contributed by atoms with Gasteiger partial charge in [0.1, 0.15) is 11.9 Å². The summed E-state index contributed by atoms with van der Waals surface area (Å²) in [5.41, 5.74) is 2.78. The molecule has 1 aromatic heterocycles. The summed E-state index contributed by atoms with van der Waals surface area (Å²) < 4.78 is 14.4. The topological polar surface area (TPSA) is 33.1 Å². The zero-order valence-corrected chi connectivity index (χ0v) is 12.9. The standard InChI is InChI=1S/C17H13BrFNO/c1-10-4-5-11(19)9-14(10)17(21)13-6-7-15(18)12-3-2-8-20-16(12)13/h2-9,17,21H,1H3. The van der Waals surface area contributed by atoms with E-state index in [4.69, 9.17) is 0 Å². The lowest BCUT2D eigenvalue weighted by Crippen LogP contribution is -2.04. The molecule has 2 aromatic carbocycles. The molecule has 0 aliphatic heterocycles. The number of nitrogens with zero attached hydrogens (tertiary/aromatic N) is 1. The van der Waals surface area contributed by atoms with E-state index in [1.807, 2.05) is 31.2 Å². The molecule has 0 aliphatic carbocycles. The van der Waals surface area contributed by atoms with Crippen molar-refractivity contribution in [3.63, 3.8) is 0 Å². The van der Waals surface area contributed by atoms with E-state index >= 15 is 0 Å². The third-order valence-electron chi connectivity index (χ3n) is 3.58. The average molecular weight is 346 g/mol. The number of halogens is 2. The monoisotopic (exact) mass is 345 g/mol.